The molecule has 0 aliphatic heterocycles. The van der Waals surface area contributed by atoms with Crippen molar-refractivity contribution < 1.29 is 14.7 Å². The molecule has 0 atom stereocenters. The fourth-order valence-corrected chi connectivity index (χ4v) is 4.06. The number of nitrogens with zero attached hydrogens (tertiary/aromatic N) is 1. The van der Waals surface area contributed by atoms with Crippen molar-refractivity contribution in [1.82, 2.24) is 4.73 Å². The van der Waals surface area contributed by atoms with Crippen molar-refractivity contribution >= 4 is 23.4 Å². The second-order valence-corrected chi connectivity index (χ2v) is 8.32. The van der Waals surface area contributed by atoms with E-state index in [4.69, 9.17) is 21.1 Å². The van der Waals surface area contributed by atoms with Gasteiger partial charge in [-0.2, -0.15) is 0 Å². The zero-order chi connectivity index (χ0) is 21.3. The molecular formula is C23H24ClNO4S. The van der Waals surface area contributed by atoms with E-state index in [-0.39, 0.29) is 6.61 Å². The number of pyridine rings is 1. The van der Waals surface area contributed by atoms with Gasteiger partial charge in [0.15, 0.2) is 0 Å². The van der Waals surface area contributed by atoms with Gasteiger partial charge in [-0.25, -0.2) is 0 Å². The molecule has 0 aliphatic rings. The van der Waals surface area contributed by atoms with Crippen LogP contribution in [0.5, 0.6) is 11.5 Å². The summed E-state index contributed by atoms with van der Waals surface area (Å²) in [5.41, 5.74) is 0.689. The number of aromatic nitrogens is 1. The first-order valence-corrected chi connectivity index (χ1v) is 11.0. The number of hydrogen-bond donors (Lipinski definition) is 1. The lowest BCUT2D eigenvalue weighted by atomic mass is 10.2. The van der Waals surface area contributed by atoms with Crippen molar-refractivity contribution in [3.63, 3.8) is 0 Å². The number of hydrogen-bond acceptors (Lipinski definition) is 5. The first-order chi connectivity index (χ1) is 14.5. The van der Waals surface area contributed by atoms with Crippen LogP contribution in [0.15, 0.2) is 70.4 Å². The zero-order valence-corrected chi connectivity index (χ0v) is 18.3. The molecule has 0 radical (unpaired) electrons. The zero-order valence-electron chi connectivity index (χ0n) is 16.7. The van der Waals surface area contributed by atoms with Crippen LogP contribution >= 0.6 is 23.4 Å². The van der Waals surface area contributed by atoms with Crippen LogP contribution in [0.3, 0.4) is 0 Å². The lowest BCUT2D eigenvalue weighted by Gasteiger charge is -2.11. The Balaban J connectivity index is 1.42. The highest BCUT2D eigenvalue weighted by Crippen LogP contribution is 2.27. The molecule has 1 aromatic heterocycles. The molecule has 0 bridgehead atoms. The van der Waals surface area contributed by atoms with Gasteiger partial charge in [0.2, 0.25) is 0 Å². The van der Waals surface area contributed by atoms with E-state index in [1.807, 2.05) is 42.5 Å². The molecule has 0 amide bonds. The van der Waals surface area contributed by atoms with Crippen LogP contribution in [0, 0.1) is 6.92 Å². The van der Waals surface area contributed by atoms with Crippen LogP contribution in [0.1, 0.15) is 24.1 Å². The van der Waals surface area contributed by atoms with E-state index in [2.05, 4.69) is 0 Å². The highest BCUT2D eigenvalue weighted by molar-refractivity contribution is 7.99. The largest absolute Gasteiger partial charge is 0.493 e. The molecule has 5 nitrogen and oxygen atoms in total. The average Bonchev–Trinajstić information content (AvgIpc) is 2.73. The Bertz CT molecular complexity index is 1040. The molecule has 0 aliphatic carbocycles. The molecule has 3 rings (SSSR count). The van der Waals surface area contributed by atoms with E-state index in [1.165, 1.54) is 6.07 Å². The summed E-state index contributed by atoms with van der Waals surface area (Å²) in [5, 5.41) is 10.6. The smallest absolute Gasteiger partial charge is 0.283 e. The Morgan fingerprint density at radius 1 is 1.00 bits per heavy atom. The van der Waals surface area contributed by atoms with Crippen molar-refractivity contribution in [3.8, 4) is 11.5 Å². The summed E-state index contributed by atoms with van der Waals surface area (Å²) in [5.74, 6) is 2.31. The number of benzene rings is 2. The molecule has 3 aromatic rings. The predicted molar refractivity (Wildman–Crippen MR) is 120 cm³/mol. The lowest BCUT2D eigenvalue weighted by molar-refractivity contribution is 0.147. The van der Waals surface area contributed by atoms with E-state index < -0.39 is 5.56 Å². The number of ether oxygens (including phenoxy) is 2. The van der Waals surface area contributed by atoms with Gasteiger partial charge < -0.3 is 14.7 Å². The highest BCUT2D eigenvalue weighted by Gasteiger charge is 2.06. The van der Waals surface area contributed by atoms with E-state index in [0.717, 1.165) is 39.8 Å². The normalized spacial score (nSPS) is 10.7. The van der Waals surface area contributed by atoms with Gasteiger partial charge in [0.25, 0.3) is 5.56 Å². The molecule has 1 N–H and O–H groups in total. The topological polar surface area (TPSA) is 60.7 Å². The molecular weight excluding hydrogens is 422 g/mol. The van der Waals surface area contributed by atoms with Crippen molar-refractivity contribution in [2.75, 3.05) is 12.4 Å². The third kappa shape index (κ3) is 6.47. The molecule has 0 saturated heterocycles. The molecule has 30 heavy (non-hydrogen) atoms. The fourth-order valence-electron chi connectivity index (χ4n) is 2.81. The van der Waals surface area contributed by atoms with Crippen LogP contribution in [-0.2, 0) is 6.61 Å². The molecule has 0 saturated carbocycles. The summed E-state index contributed by atoms with van der Waals surface area (Å²) in [6.07, 6.45) is 1.95. The second kappa shape index (κ2) is 11.0. The van der Waals surface area contributed by atoms with Gasteiger partial charge in [-0.05, 0) is 61.4 Å². The van der Waals surface area contributed by atoms with Crippen molar-refractivity contribution in [2.24, 2.45) is 0 Å². The van der Waals surface area contributed by atoms with Gasteiger partial charge in [0.05, 0.1) is 17.3 Å². The molecule has 0 unspecified atom stereocenters. The summed E-state index contributed by atoms with van der Waals surface area (Å²) in [6.45, 7) is 2.49. The van der Waals surface area contributed by atoms with Crippen molar-refractivity contribution in [3.05, 3.63) is 87.3 Å². The number of halogens is 1. The summed E-state index contributed by atoms with van der Waals surface area (Å²) >= 11 is 7.91. The average molecular weight is 446 g/mol. The first kappa shape index (κ1) is 22.1. The third-order valence-electron chi connectivity index (χ3n) is 4.32. The highest BCUT2D eigenvalue weighted by atomic mass is 35.5. The SMILES string of the molecule is Cc1cc(COc2cccc(OCCCCSc3ccccc3Cl)c2)n(O)c(=O)c1. The number of thioether (sulfide) groups is 1. The van der Waals surface area contributed by atoms with Gasteiger partial charge in [0, 0.05) is 17.0 Å². The minimum absolute atomic E-state index is 0.0795. The van der Waals surface area contributed by atoms with Crippen LogP contribution in [0.2, 0.25) is 5.02 Å². The first-order valence-electron chi connectivity index (χ1n) is 9.68. The minimum Gasteiger partial charge on any atom is -0.493 e. The molecule has 2 aromatic carbocycles. The fraction of sp³-hybridized carbons (Fsp3) is 0.261. The minimum atomic E-state index is -0.474. The maximum absolute atomic E-state index is 11.6. The Hall–Kier alpha value is -2.57. The summed E-state index contributed by atoms with van der Waals surface area (Å²) in [7, 11) is 0. The van der Waals surface area contributed by atoms with Crippen molar-refractivity contribution in [1.29, 1.82) is 0 Å². The van der Waals surface area contributed by atoms with Crippen LogP contribution in [0.4, 0.5) is 0 Å². The number of unbranched alkanes of at least 4 members (excludes halogenated alkanes) is 1. The van der Waals surface area contributed by atoms with E-state index in [1.54, 1.807) is 30.8 Å². The van der Waals surface area contributed by atoms with E-state index >= 15 is 0 Å². The molecule has 158 valence electrons. The Morgan fingerprint density at radius 2 is 1.77 bits per heavy atom. The van der Waals surface area contributed by atoms with Gasteiger partial charge >= 0.3 is 0 Å². The monoisotopic (exact) mass is 445 g/mol. The van der Waals surface area contributed by atoms with Gasteiger partial charge in [0.1, 0.15) is 18.1 Å². The number of aryl methyl sites for hydroxylation is 1. The second-order valence-electron chi connectivity index (χ2n) is 6.77. The molecule has 1 heterocycles. The van der Waals surface area contributed by atoms with Crippen LogP contribution in [-0.4, -0.2) is 22.3 Å². The maximum Gasteiger partial charge on any atom is 0.283 e. The quantitative estimate of drug-likeness (QED) is 0.251. The Labute approximate surface area is 185 Å². The molecule has 7 heteroatoms. The van der Waals surface area contributed by atoms with Gasteiger partial charge in [-0.15, -0.1) is 16.5 Å². The third-order valence-corrected chi connectivity index (χ3v) is 5.92. The number of rotatable bonds is 10. The van der Waals surface area contributed by atoms with E-state index in [9.17, 15) is 10.0 Å². The van der Waals surface area contributed by atoms with Crippen LogP contribution in [0.25, 0.3) is 0 Å². The standard InChI is InChI=1S/C23H24ClNO4S/c1-17-13-18(25(27)23(26)14-17)16-29-20-8-6-7-19(15-20)28-11-4-5-12-30-22-10-3-2-9-21(22)24/h2-3,6-10,13-15,27H,4-5,11-12,16H2,1H3. The Kier molecular flexibility index (Phi) is 8.11. The summed E-state index contributed by atoms with van der Waals surface area (Å²) < 4.78 is 12.1. The molecule has 0 spiro atoms. The summed E-state index contributed by atoms with van der Waals surface area (Å²) in [6, 6.07) is 18.3. The molecule has 0 fully saturated rings. The Morgan fingerprint density at radius 3 is 2.57 bits per heavy atom. The summed E-state index contributed by atoms with van der Waals surface area (Å²) in [4.78, 5) is 12.7. The predicted octanol–water partition coefficient (Wildman–Crippen LogP) is 5.58. The van der Waals surface area contributed by atoms with Crippen LogP contribution < -0.4 is 15.0 Å². The van der Waals surface area contributed by atoms with Gasteiger partial charge in [-0.3, -0.25) is 4.79 Å². The van der Waals surface area contributed by atoms with E-state index in [0.29, 0.717) is 22.8 Å². The van der Waals surface area contributed by atoms with Gasteiger partial charge in [-0.1, -0.05) is 29.8 Å². The lowest BCUT2D eigenvalue weighted by Crippen LogP contribution is -2.21. The van der Waals surface area contributed by atoms with Crippen molar-refractivity contribution in [2.45, 2.75) is 31.3 Å². The maximum atomic E-state index is 11.6.